The van der Waals surface area contributed by atoms with Crippen LogP contribution in [0.4, 0.5) is 0 Å². The molecule has 0 aliphatic carbocycles. The van der Waals surface area contributed by atoms with E-state index in [9.17, 15) is 4.79 Å². The van der Waals surface area contributed by atoms with Gasteiger partial charge >= 0.3 is 5.97 Å². The summed E-state index contributed by atoms with van der Waals surface area (Å²) in [4.78, 5) is 10.5. The summed E-state index contributed by atoms with van der Waals surface area (Å²) in [6.45, 7) is 2.03. The third-order valence-corrected chi connectivity index (χ3v) is 1.04. The second-order valence-electron chi connectivity index (χ2n) is 1.30. The van der Waals surface area contributed by atoms with Crippen molar-refractivity contribution in [3.05, 3.63) is 0 Å². The topological polar surface area (TPSA) is 35.5 Å². The summed E-state index contributed by atoms with van der Waals surface area (Å²) in [6.07, 6.45) is 0. The molecule has 0 spiro atoms. The number of carbonyl (C=O) groups excluding carboxylic acids is 1. The molecule has 0 saturated carbocycles. The highest BCUT2D eigenvalue weighted by molar-refractivity contribution is 6.28. The lowest BCUT2D eigenvalue weighted by Crippen LogP contribution is -2.19. The van der Waals surface area contributed by atoms with Gasteiger partial charge in [0.05, 0.1) is 6.61 Å². The molecule has 0 aliphatic heterocycles. The Bertz CT molecular complexity index is 94.2. The third-order valence-electron chi connectivity index (χ3n) is 0.679. The summed E-state index contributed by atoms with van der Waals surface area (Å²) in [5, 5.41) is 0. The van der Waals surface area contributed by atoms with Gasteiger partial charge in [-0.05, 0) is 6.92 Å². The lowest BCUT2D eigenvalue weighted by molar-refractivity contribution is -0.149. The fraction of sp³-hybridized carbons (Fsp3) is 0.800. The Labute approximate surface area is 58.9 Å². The normalized spacial score (nSPS) is 12.8. The van der Waals surface area contributed by atoms with Crippen molar-refractivity contribution in [2.45, 2.75) is 12.5 Å². The van der Waals surface area contributed by atoms with E-state index in [0.717, 1.165) is 0 Å². The van der Waals surface area contributed by atoms with Crippen molar-refractivity contribution in [3.63, 3.8) is 0 Å². The molecule has 0 amide bonds. The Balaban J connectivity index is 3.46. The van der Waals surface area contributed by atoms with Crippen LogP contribution in [0.2, 0.25) is 0 Å². The van der Waals surface area contributed by atoms with Crippen molar-refractivity contribution in [3.8, 4) is 0 Å². The van der Waals surface area contributed by atoms with E-state index in [2.05, 4.69) is 9.47 Å². The van der Waals surface area contributed by atoms with Gasteiger partial charge in [0, 0.05) is 7.11 Å². The molecule has 0 radical (unpaired) electrons. The van der Waals surface area contributed by atoms with Crippen molar-refractivity contribution in [1.82, 2.24) is 0 Å². The summed E-state index contributed by atoms with van der Waals surface area (Å²) in [5.74, 6) is -0.540. The van der Waals surface area contributed by atoms with Gasteiger partial charge in [0.2, 0.25) is 5.56 Å². The van der Waals surface area contributed by atoms with Crippen LogP contribution in [0.3, 0.4) is 0 Å². The Morgan fingerprint density at radius 3 is 2.67 bits per heavy atom. The molecule has 0 aromatic rings. The molecule has 0 aliphatic rings. The maximum Gasteiger partial charge on any atom is 0.350 e. The Hall–Kier alpha value is -0.280. The van der Waals surface area contributed by atoms with Crippen molar-refractivity contribution >= 4 is 17.6 Å². The van der Waals surface area contributed by atoms with Gasteiger partial charge in [0.25, 0.3) is 0 Å². The largest absolute Gasteiger partial charge is 0.463 e. The smallest absolute Gasteiger partial charge is 0.350 e. The first-order chi connectivity index (χ1) is 4.22. The van der Waals surface area contributed by atoms with Gasteiger partial charge in [-0.15, -0.1) is 0 Å². The van der Waals surface area contributed by atoms with Gasteiger partial charge < -0.3 is 9.47 Å². The van der Waals surface area contributed by atoms with Gasteiger partial charge in [0.1, 0.15) is 0 Å². The minimum atomic E-state index is -0.968. The van der Waals surface area contributed by atoms with Crippen LogP contribution in [0.25, 0.3) is 0 Å². The second-order valence-corrected chi connectivity index (χ2v) is 1.70. The zero-order valence-electron chi connectivity index (χ0n) is 5.39. The van der Waals surface area contributed by atoms with E-state index in [4.69, 9.17) is 11.6 Å². The standard InChI is InChI=1S/C5H9ClO3/c1-3-9-5(7)4(6)8-2/h4H,3H2,1-2H3. The lowest BCUT2D eigenvalue weighted by Gasteiger charge is -2.04. The highest BCUT2D eigenvalue weighted by Crippen LogP contribution is 1.98. The molecular weight excluding hydrogens is 144 g/mol. The van der Waals surface area contributed by atoms with E-state index in [-0.39, 0.29) is 0 Å². The zero-order chi connectivity index (χ0) is 7.28. The number of hydrogen-bond donors (Lipinski definition) is 0. The van der Waals surface area contributed by atoms with Crippen LogP contribution in [0.15, 0.2) is 0 Å². The highest BCUT2D eigenvalue weighted by Gasteiger charge is 2.13. The minimum absolute atomic E-state index is 0.325. The molecule has 0 aromatic heterocycles. The van der Waals surface area contributed by atoms with E-state index < -0.39 is 11.5 Å². The summed E-state index contributed by atoms with van der Waals surface area (Å²) in [7, 11) is 1.34. The Kier molecular flexibility index (Phi) is 4.44. The van der Waals surface area contributed by atoms with Crippen LogP contribution in [0.5, 0.6) is 0 Å². The highest BCUT2D eigenvalue weighted by atomic mass is 35.5. The van der Waals surface area contributed by atoms with Crippen molar-refractivity contribution in [2.75, 3.05) is 13.7 Å². The molecule has 0 saturated heterocycles. The van der Waals surface area contributed by atoms with Gasteiger partial charge in [-0.2, -0.15) is 0 Å². The lowest BCUT2D eigenvalue weighted by atomic mass is 10.7. The first kappa shape index (κ1) is 8.72. The molecule has 1 unspecified atom stereocenters. The SMILES string of the molecule is CCOC(=O)C(Cl)OC. The van der Waals surface area contributed by atoms with E-state index in [1.165, 1.54) is 7.11 Å². The van der Waals surface area contributed by atoms with Crippen molar-refractivity contribution in [2.24, 2.45) is 0 Å². The Morgan fingerprint density at radius 1 is 1.78 bits per heavy atom. The van der Waals surface area contributed by atoms with E-state index >= 15 is 0 Å². The number of alkyl halides is 1. The van der Waals surface area contributed by atoms with Gasteiger partial charge in [-0.25, -0.2) is 4.79 Å². The monoisotopic (exact) mass is 152 g/mol. The zero-order valence-corrected chi connectivity index (χ0v) is 6.14. The van der Waals surface area contributed by atoms with Gasteiger partial charge in [-0.1, -0.05) is 11.6 Å². The van der Waals surface area contributed by atoms with E-state index in [0.29, 0.717) is 6.61 Å². The van der Waals surface area contributed by atoms with E-state index in [1.807, 2.05) is 0 Å². The minimum Gasteiger partial charge on any atom is -0.463 e. The number of ether oxygens (including phenoxy) is 2. The van der Waals surface area contributed by atoms with Gasteiger partial charge in [0.15, 0.2) is 0 Å². The van der Waals surface area contributed by atoms with Crippen LogP contribution in [0.1, 0.15) is 6.92 Å². The molecule has 0 heterocycles. The number of esters is 1. The number of methoxy groups -OCH3 is 1. The molecule has 0 N–H and O–H groups in total. The molecule has 0 fully saturated rings. The molecule has 4 heteroatoms. The molecule has 54 valence electrons. The molecule has 9 heavy (non-hydrogen) atoms. The van der Waals surface area contributed by atoms with Crippen LogP contribution >= 0.6 is 11.6 Å². The molecule has 0 rings (SSSR count). The predicted octanol–water partition coefficient (Wildman–Crippen LogP) is 0.761. The molecule has 0 bridgehead atoms. The number of carbonyl (C=O) groups is 1. The molecule has 1 atom stereocenters. The first-order valence-electron chi connectivity index (χ1n) is 2.55. The van der Waals surface area contributed by atoms with Crippen LogP contribution in [-0.2, 0) is 14.3 Å². The van der Waals surface area contributed by atoms with Crippen LogP contribution in [0, 0.1) is 0 Å². The summed E-state index contributed by atoms with van der Waals surface area (Å²) in [5.41, 5.74) is -0.968. The fourth-order valence-electron chi connectivity index (χ4n) is 0.304. The molecule has 3 nitrogen and oxygen atoms in total. The van der Waals surface area contributed by atoms with Gasteiger partial charge in [-0.3, -0.25) is 0 Å². The first-order valence-corrected chi connectivity index (χ1v) is 2.99. The average molecular weight is 153 g/mol. The number of rotatable bonds is 3. The van der Waals surface area contributed by atoms with E-state index in [1.54, 1.807) is 6.92 Å². The van der Waals surface area contributed by atoms with Crippen LogP contribution in [-0.4, -0.2) is 25.2 Å². The molecular formula is C5H9ClO3. The fourth-order valence-corrected chi connectivity index (χ4v) is 0.367. The maximum absolute atomic E-state index is 10.5. The quantitative estimate of drug-likeness (QED) is 0.443. The second kappa shape index (κ2) is 4.58. The number of hydrogen-bond acceptors (Lipinski definition) is 3. The summed E-state index contributed by atoms with van der Waals surface area (Å²) >= 11 is 5.30. The number of halogens is 1. The average Bonchev–Trinajstić information content (AvgIpc) is 1.87. The van der Waals surface area contributed by atoms with Crippen molar-refractivity contribution < 1.29 is 14.3 Å². The maximum atomic E-state index is 10.5. The Morgan fingerprint density at radius 2 is 2.33 bits per heavy atom. The summed E-state index contributed by atoms with van der Waals surface area (Å²) in [6, 6.07) is 0. The summed E-state index contributed by atoms with van der Waals surface area (Å²) < 4.78 is 8.95. The third kappa shape index (κ3) is 3.32. The molecule has 0 aromatic carbocycles. The predicted molar refractivity (Wildman–Crippen MR) is 33.3 cm³/mol. The van der Waals surface area contributed by atoms with Crippen LogP contribution < -0.4 is 0 Å². The van der Waals surface area contributed by atoms with Crippen molar-refractivity contribution in [1.29, 1.82) is 0 Å².